The number of ether oxygens (including phenoxy) is 2. The van der Waals surface area contributed by atoms with Gasteiger partial charge >= 0.3 is 0 Å². The number of hydrogen-bond acceptors (Lipinski definition) is 6. The van der Waals surface area contributed by atoms with Gasteiger partial charge in [-0.3, -0.25) is 14.5 Å². The Balaban J connectivity index is 1.45. The Morgan fingerprint density at radius 2 is 1.91 bits per heavy atom. The van der Waals surface area contributed by atoms with Crippen LogP contribution in [0.5, 0.6) is 11.5 Å². The topological polar surface area (TPSA) is 67.9 Å². The number of amides is 2. The van der Waals surface area contributed by atoms with E-state index in [1.54, 1.807) is 36.4 Å². The van der Waals surface area contributed by atoms with Gasteiger partial charge in [0.2, 0.25) is 0 Å². The van der Waals surface area contributed by atoms with Crippen LogP contribution in [-0.2, 0) is 9.59 Å². The predicted molar refractivity (Wildman–Crippen MR) is 140 cm³/mol. The zero-order valence-corrected chi connectivity index (χ0v) is 20.5. The fourth-order valence-corrected chi connectivity index (χ4v) is 4.71. The van der Waals surface area contributed by atoms with E-state index in [0.717, 1.165) is 17.3 Å². The van der Waals surface area contributed by atoms with Crippen LogP contribution >= 0.6 is 24.0 Å². The molecule has 1 aliphatic heterocycles. The number of aryl methyl sites for hydroxylation is 1. The molecule has 0 atom stereocenters. The summed E-state index contributed by atoms with van der Waals surface area (Å²) in [6, 6.07) is 18.3. The van der Waals surface area contributed by atoms with Gasteiger partial charge in [0.15, 0.2) is 22.4 Å². The largest absolute Gasteiger partial charge is 0.493 e. The Kier molecular flexibility index (Phi) is 7.48. The molecule has 2 amide bonds. The van der Waals surface area contributed by atoms with Gasteiger partial charge in [0, 0.05) is 5.69 Å². The van der Waals surface area contributed by atoms with Crippen LogP contribution < -0.4 is 19.7 Å². The molecule has 3 aromatic carbocycles. The van der Waals surface area contributed by atoms with E-state index in [0.29, 0.717) is 37.7 Å². The van der Waals surface area contributed by atoms with Gasteiger partial charge in [0.05, 0.1) is 17.7 Å². The van der Waals surface area contributed by atoms with Crippen molar-refractivity contribution in [2.75, 3.05) is 23.9 Å². The highest BCUT2D eigenvalue weighted by molar-refractivity contribution is 8.27. The Hall–Kier alpha value is -3.69. The van der Waals surface area contributed by atoms with Gasteiger partial charge in [-0.2, -0.15) is 0 Å². The number of hydrogen-bond donors (Lipinski definition) is 1. The smallest absolute Gasteiger partial charge is 0.270 e. The summed E-state index contributed by atoms with van der Waals surface area (Å²) in [4.78, 5) is 26.9. The van der Waals surface area contributed by atoms with Crippen molar-refractivity contribution in [3.8, 4) is 11.5 Å². The monoisotopic (exact) mass is 508 g/mol. The molecule has 0 aliphatic carbocycles. The highest BCUT2D eigenvalue weighted by atomic mass is 32.2. The molecule has 178 valence electrons. The van der Waals surface area contributed by atoms with Crippen molar-refractivity contribution in [2.45, 2.75) is 6.92 Å². The molecule has 1 heterocycles. The van der Waals surface area contributed by atoms with E-state index in [-0.39, 0.29) is 18.4 Å². The average Bonchev–Trinajstić information content (AvgIpc) is 3.10. The fourth-order valence-electron chi connectivity index (χ4n) is 3.41. The number of thiocarbonyl (C=S) groups is 1. The molecule has 0 radical (unpaired) electrons. The third kappa shape index (κ3) is 5.87. The third-order valence-electron chi connectivity index (χ3n) is 5.01. The van der Waals surface area contributed by atoms with E-state index in [4.69, 9.17) is 21.7 Å². The van der Waals surface area contributed by atoms with Crippen molar-refractivity contribution < 1.29 is 23.5 Å². The molecule has 3 aromatic rings. The quantitative estimate of drug-likeness (QED) is 0.333. The number of carbonyl (C=O) groups excluding carboxylic acids is 2. The lowest BCUT2D eigenvalue weighted by molar-refractivity contribution is -0.118. The molecule has 1 saturated heterocycles. The Morgan fingerprint density at radius 1 is 1.11 bits per heavy atom. The number of anilines is 2. The SMILES string of the molecule is COc1cc(/C=C2\SC(=S)N(c3cccc(F)c3)C2=O)ccc1OCC(=O)Nc1cccc(C)c1. The zero-order valence-electron chi connectivity index (χ0n) is 18.9. The van der Waals surface area contributed by atoms with Crippen molar-refractivity contribution in [3.63, 3.8) is 0 Å². The Morgan fingerprint density at radius 3 is 2.66 bits per heavy atom. The summed E-state index contributed by atoms with van der Waals surface area (Å²) in [6.45, 7) is 1.74. The lowest BCUT2D eigenvalue weighted by Crippen LogP contribution is -2.27. The number of thioether (sulfide) groups is 1. The fraction of sp³-hybridized carbons (Fsp3) is 0.115. The number of carbonyl (C=O) groups is 2. The first-order valence-electron chi connectivity index (χ1n) is 10.5. The van der Waals surface area contributed by atoms with E-state index in [2.05, 4.69) is 5.32 Å². The minimum atomic E-state index is -0.451. The molecule has 4 rings (SSSR count). The molecule has 35 heavy (non-hydrogen) atoms. The molecule has 0 unspecified atom stereocenters. The average molecular weight is 509 g/mol. The van der Waals surface area contributed by atoms with Crippen molar-refractivity contribution in [3.05, 3.63) is 88.6 Å². The lowest BCUT2D eigenvalue weighted by Gasteiger charge is -2.14. The van der Waals surface area contributed by atoms with Gasteiger partial charge in [-0.1, -0.05) is 48.2 Å². The van der Waals surface area contributed by atoms with Gasteiger partial charge in [-0.05, 0) is 66.6 Å². The highest BCUT2D eigenvalue weighted by Crippen LogP contribution is 2.37. The molecule has 9 heteroatoms. The molecular formula is C26H21FN2O4S2. The second kappa shape index (κ2) is 10.7. The van der Waals surface area contributed by atoms with Gasteiger partial charge in [-0.15, -0.1) is 0 Å². The molecule has 0 spiro atoms. The van der Waals surface area contributed by atoms with Crippen LogP contribution in [0.2, 0.25) is 0 Å². The molecular weight excluding hydrogens is 487 g/mol. The van der Waals surface area contributed by atoms with Gasteiger partial charge in [0.25, 0.3) is 11.8 Å². The van der Waals surface area contributed by atoms with E-state index in [1.807, 2.05) is 25.1 Å². The standard InChI is InChI=1S/C26H21FN2O4S2/c1-16-5-3-7-19(11-16)28-24(30)15-33-21-10-9-17(12-22(21)32-2)13-23-25(31)29(26(34)35-23)20-8-4-6-18(27)14-20/h3-14H,15H2,1-2H3,(H,28,30)/b23-13-. The van der Waals surface area contributed by atoms with E-state index in [9.17, 15) is 14.0 Å². The number of nitrogens with one attached hydrogen (secondary N) is 1. The summed E-state index contributed by atoms with van der Waals surface area (Å²) >= 11 is 6.47. The second-order valence-corrected chi connectivity index (χ2v) is 9.29. The molecule has 0 bridgehead atoms. The molecule has 1 N–H and O–H groups in total. The number of nitrogens with zero attached hydrogens (tertiary/aromatic N) is 1. The minimum Gasteiger partial charge on any atom is -0.493 e. The summed E-state index contributed by atoms with van der Waals surface area (Å²) in [5, 5.41) is 2.79. The van der Waals surface area contributed by atoms with Gasteiger partial charge < -0.3 is 14.8 Å². The first kappa shape index (κ1) is 24.4. The van der Waals surface area contributed by atoms with Crippen molar-refractivity contribution in [1.29, 1.82) is 0 Å². The van der Waals surface area contributed by atoms with E-state index in [1.165, 1.54) is 30.2 Å². The first-order chi connectivity index (χ1) is 16.8. The highest BCUT2D eigenvalue weighted by Gasteiger charge is 2.33. The maximum absolute atomic E-state index is 13.6. The van der Waals surface area contributed by atoms with Crippen molar-refractivity contribution in [1.82, 2.24) is 0 Å². The number of benzene rings is 3. The van der Waals surface area contributed by atoms with Crippen molar-refractivity contribution in [2.24, 2.45) is 0 Å². The zero-order chi connectivity index (χ0) is 24.9. The molecule has 0 aromatic heterocycles. The number of halogens is 1. The third-order valence-corrected chi connectivity index (χ3v) is 6.31. The van der Waals surface area contributed by atoms with Crippen molar-refractivity contribution >= 4 is 57.6 Å². The van der Waals surface area contributed by atoms with Gasteiger partial charge in [0.1, 0.15) is 5.82 Å². The number of rotatable bonds is 7. The second-order valence-electron chi connectivity index (χ2n) is 7.61. The van der Waals surface area contributed by atoms with Crippen LogP contribution in [0.15, 0.2) is 71.6 Å². The van der Waals surface area contributed by atoms with E-state index < -0.39 is 5.82 Å². The first-order valence-corrected chi connectivity index (χ1v) is 11.8. The van der Waals surface area contributed by atoms with Crippen LogP contribution in [-0.4, -0.2) is 29.9 Å². The molecule has 6 nitrogen and oxygen atoms in total. The van der Waals surface area contributed by atoms with Crippen LogP contribution in [0.25, 0.3) is 6.08 Å². The minimum absolute atomic E-state index is 0.198. The molecule has 1 aliphatic rings. The summed E-state index contributed by atoms with van der Waals surface area (Å²) in [5.74, 6) is -0.298. The maximum atomic E-state index is 13.6. The maximum Gasteiger partial charge on any atom is 0.270 e. The van der Waals surface area contributed by atoms with Gasteiger partial charge in [-0.25, -0.2) is 4.39 Å². The Bertz CT molecular complexity index is 1340. The molecule has 1 fully saturated rings. The normalized spacial score (nSPS) is 14.4. The molecule has 0 saturated carbocycles. The van der Waals surface area contributed by atoms with E-state index >= 15 is 0 Å². The summed E-state index contributed by atoms with van der Waals surface area (Å²) in [5.41, 5.74) is 2.78. The van der Waals surface area contributed by atoms with Crippen LogP contribution in [0.3, 0.4) is 0 Å². The van der Waals surface area contributed by atoms with Crippen LogP contribution in [0.1, 0.15) is 11.1 Å². The number of methoxy groups -OCH3 is 1. The predicted octanol–water partition coefficient (Wildman–Crippen LogP) is 5.57. The van der Waals surface area contributed by atoms with Crippen LogP contribution in [0.4, 0.5) is 15.8 Å². The lowest BCUT2D eigenvalue weighted by atomic mass is 10.1. The summed E-state index contributed by atoms with van der Waals surface area (Å²) in [7, 11) is 1.49. The summed E-state index contributed by atoms with van der Waals surface area (Å²) in [6.07, 6.45) is 1.68. The summed E-state index contributed by atoms with van der Waals surface area (Å²) < 4.78 is 25.0. The van der Waals surface area contributed by atoms with Crippen LogP contribution in [0, 0.1) is 12.7 Å². The Labute approximate surface area is 211 Å².